The molecular formula is C19H26FN5O. The van der Waals surface area contributed by atoms with E-state index in [0.717, 1.165) is 25.9 Å². The minimum absolute atomic E-state index is 0.0993. The molecule has 0 radical (unpaired) electrons. The first-order valence-electron chi connectivity index (χ1n) is 8.97. The Labute approximate surface area is 153 Å². The molecule has 3 rings (SSSR count). The summed E-state index contributed by atoms with van der Waals surface area (Å²) in [5, 5.41) is 13.4. The summed E-state index contributed by atoms with van der Waals surface area (Å²) in [5.41, 5.74) is 1.16. The average molecular weight is 359 g/mol. The zero-order valence-corrected chi connectivity index (χ0v) is 15.3. The Kier molecular flexibility index (Phi) is 5.56. The van der Waals surface area contributed by atoms with Crippen LogP contribution in [0.5, 0.6) is 0 Å². The van der Waals surface area contributed by atoms with Crippen LogP contribution >= 0.6 is 0 Å². The normalized spacial score (nSPS) is 19.6. The predicted octanol–water partition coefficient (Wildman–Crippen LogP) is 2.59. The van der Waals surface area contributed by atoms with Crippen LogP contribution < -0.4 is 16.0 Å². The van der Waals surface area contributed by atoms with Gasteiger partial charge in [0.1, 0.15) is 5.82 Å². The fraction of sp³-hybridized carbons (Fsp3) is 0.474. The molecule has 1 aromatic heterocycles. The zero-order chi connectivity index (χ0) is 18.6. The molecule has 2 aromatic rings. The number of carbonyl (C=O) groups excluding carboxylic acids is 1. The van der Waals surface area contributed by atoms with Gasteiger partial charge in [-0.2, -0.15) is 5.10 Å². The molecule has 1 aromatic carbocycles. The van der Waals surface area contributed by atoms with Crippen LogP contribution in [-0.4, -0.2) is 34.9 Å². The van der Waals surface area contributed by atoms with Crippen molar-refractivity contribution in [2.75, 3.05) is 13.1 Å². The molecule has 1 atom stereocenters. The van der Waals surface area contributed by atoms with Crippen LogP contribution in [0.4, 0.5) is 9.18 Å². The highest BCUT2D eigenvalue weighted by molar-refractivity contribution is 5.74. The number of urea groups is 1. The number of aromatic nitrogens is 2. The summed E-state index contributed by atoms with van der Waals surface area (Å²) in [6, 6.07) is 6.41. The number of nitrogens with one attached hydrogen (secondary N) is 3. The van der Waals surface area contributed by atoms with Crippen molar-refractivity contribution in [1.29, 1.82) is 0 Å². The molecule has 2 amide bonds. The Morgan fingerprint density at radius 2 is 2.27 bits per heavy atom. The lowest BCUT2D eigenvalue weighted by Gasteiger charge is -2.26. The topological polar surface area (TPSA) is 71.0 Å². The van der Waals surface area contributed by atoms with Crippen LogP contribution in [0, 0.1) is 11.2 Å². The Morgan fingerprint density at radius 1 is 1.42 bits per heavy atom. The monoisotopic (exact) mass is 359 g/mol. The molecule has 6 nitrogen and oxygen atoms in total. The Bertz CT molecular complexity index is 744. The minimum atomic E-state index is -0.363. The maximum Gasteiger partial charge on any atom is 0.315 e. The molecule has 7 heteroatoms. The standard InChI is InChI=1S/C19H26FN5O/c1-19(2)11-14(7-9-21-13-19)24-18(26)22-12-15-16(20)5-3-6-17(15)25-10-4-8-23-25/h3-6,8,10,14,21H,7,9,11-13H2,1-2H3,(H2,22,24,26). The van der Waals surface area contributed by atoms with E-state index < -0.39 is 0 Å². The third-order valence-corrected chi connectivity index (χ3v) is 4.68. The van der Waals surface area contributed by atoms with Crippen LogP contribution in [0.1, 0.15) is 32.3 Å². The van der Waals surface area contributed by atoms with Crippen molar-refractivity contribution in [3.05, 3.63) is 48.0 Å². The highest BCUT2D eigenvalue weighted by Crippen LogP contribution is 2.24. The zero-order valence-electron chi connectivity index (χ0n) is 15.3. The number of halogens is 1. The van der Waals surface area contributed by atoms with Gasteiger partial charge in [-0.3, -0.25) is 0 Å². The summed E-state index contributed by atoms with van der Waals surface area (Å²) in [6.07, 6.45) is 5.18. The van der Waals surface area contributed by atoms with Crippen molar-refractivity contribution in [2.24, 2.45) is 5.41 Å². The minimum Gasteiger partial charge on any atom is -0.335 e. The molecule has 1 saturated heterocycles. The molecule has 0 bridgehead atoms. The van der Waals surface area contributed by atoms with E-state index in [1.165, 1.54) is 6.07 Å². The van der Waals surface area contributed by atoms with Gasteiger partial charge in [0.15, 0.2) is 0 Å². The Morgan fingerprint density at radius 3 is 3.04 bits per heavy atom. The van der Waals surface area contributed by atoms with Crippen LogP contribution in [0.15, 0.2) is 36.7 Å². The maximum atomic E-state index is 14.3. The van der Waals surface area contributed by atoms with Crippen molar-refractivity contribution in [1.82, 2.24) is 25.7 Å². The van der Waals surface area contributed by atoms with Crippen LogP contribution in [0.3, 0.4) is 0 Å². The van der Waals surface area contributed by atoms with Gasteiger partial charge in [0.25, 0.3) is 0 Å². The van der Waals surface area contributed by atoms with E-state index in [9.17, 15) is 9.18 Å². The van der Waals surface area contributed by atoms with Crippen LogP contribution in [0.2, 0.25) is 0 Å². The lowest BCUT2D eigenvalue weighted by Crippen LogP contribution is -2.43. The summed E-state index contributed by atoms with van der Waals surface area (Å²) in [4.78, 5) is 12.3. The van der Waals surface area contributed by atoms with Crippen molar-refractivity contribution < 1.29 is 9.18 Å². The number of amides is 2. The molecule has 1 aliphatic rings. The lowest BCUT2D eigenvalue weighted by atomic mass is 9.86. The van der Waals surface area contributed by atoms with Gasteiger partial charge in [-0.25, -0.2) is 13.9 Å². The second-order valence-corrected chi connectivity index (χ2v) is 7.55. The molecular weight excluding hydrogens is 333 g/mol. The van der Waals surface area contributed by atoms with Gasteiger partial charge in [-0.05, 0) is 43.0 Å². The molecule has 0 spiro atoms. The van der Waals surface area contributed by atoms with Gasteiger partial charge >= 0.3 is 6.03 Å². The number of rotatable bonds is 4. The third kappa shape index (κ3) is 4.60. The second-order valence-electron chi connectivity index (χ2n) is 7.55. The van der Waals surface area contributed by atoms with Crippen LogP contribution in [-0.2, 0) is 6.54 Å². The molecule has 0 saturated carbocycles. The number of benzene rings is 1. The van der Waals surface area contributed by atoms with Crippen LogP contribution in [0.25, 0.3) is 5.69 Å². The van der Waals surface area contributed by atoms with Crippen molar-refractivity contribution >= 4 is 6.03 Å². The smallest absolute Gasteiger partial charge is 0.315 e. The number of carbonyl (C=O) groups is 1. The van der Waals surface area contributed by atoms with Gasteiger partial charge in [-0.1, -0.05) is 19.9 Å². The highest BCUT2D eigenvalue weighted by atomic mass is 19.1. The van der Waals surface area contributed by atoms with E-state index in [4.69, 9.17) is 0 Å². The summed E-state index contributed by atoms with van der Waals surface area (Å²) in [6.45, 7) is 6.30. The average Bonchev–Trinajstić information content (AvgIpc) is 3.05. The molecule has 3 N–H and O–H groups in total. The molecule has 140 valence electrons. The molecule has 1 fully saturated rings. The van der Waals surface area contributed by atoms with Gasteiger partial charge in [0.2, 0.25) is 0 Å². The predicted molar refractivity (Wildman–Crippen MR) is 98.6 cm³/mol. The van der Waals surface area contributed by atoms with Gasteiger partial charge in [0.05, 0.1) is 5.69 Å². The quantitative estimate of drug-likeness (QED) is 0.786. The number of hydrogen-bond donors (Lipinski definition) is 3. The van der Waals surface area contributed by atoms with E-state index in [0.29, 0.717) is 11.3 Å². The van der Waals surface area contributed by atoms with Gasteiger partial charge < -0.3 is 16.0 Å². The molecule has 1 aliphatic heterocycles. The van der Waals surface area contributed by atoms with Crippen molar-refractivity contribution in [3.8, 4) is 5.69 Å². The summed E-state index contributed by atoms with van der Waals surface area (Å²) < 4.78 is 15.9. The van der Waals surface area contributed by atoms with E-state index in [-0.39, 0.29) is 29.8 Å². The first-order valence-corrected chi connectivity index (χ1v) is 8.97. The molecule has 26 heavy (non-hydrogen) atoms. The highest BCUT2D eigenvalue weighted by Gasteiger charge is 2.27. The summed E-state index contributed by atoms with van der Waals surface area (Å²) in [7, 11) is 0. The SMILES string of the molecule is CC1(C)CNCCC(NC(=O)NCc2c(F)cccc2-n2cccn2)C1. The van der Waals surface area contributed by atoms with Crippen molar-refractivity contribution in [2.45, 2.75) is 39.3 Å². The molecule has 0 aliphatic carbocycles. The fourth-order valence-corrected chi connectivity index (χ4v) is 3.42. The second kappa shape index (κ2) is 7.86. The Hall–Kier alpha value is -2.41. The van der Waals surface area contributed by atoms with E-state index in [1.54, 1.807) is 35.3 Å². The number of hydrogen-bond acceptors (Lipinski definition) is 3. The number of nitrogens with zero attached hydrogens (tertiary/aromatic N) is 2. The molecule has 1 unspecified atom stereocenters. The Balaban J connectivity index is 1.63. The summed E-state index contributed by atoms with van der Waals surface area (Å²) >= 11 is 0. The van der Waals surface area contributed by atoms with E-state index >= 15 is 0 Å². The van der Waals surface area contributed by atoms with Gasteiger partial charge in [-0.15, -0.1) is 0 Å². The van der Waals surface area contributed by atoms with Gasteiger partial charge in [0, 0.05) is 37.1 Å². The van der Waals surface area contributed by atoms with E-state index in [2.05, 4.69) is 34.9 Å². The largest absolute Gasteiger partial charge is 0.335 e. The first-order chi connectivity index (χ1) is 12.4. The third-order valence-electron chi connectivity index (χ3n) is 4.68. The van der Waals surface area contributed by atoms with Crippen molar-refractivity contribution in [3.63, 3.8) is 0 Å². The van der Waals surface area contributed by atoms with E-state index in [1.807, 2.05) is 0 Å². The lowest BCUT2D eigenvalue weighted by molar-refractivity contribution is 0.229. The first kappa shape index (κ1) is 18.4. The summed E-state index contributed by atoms with van der Waals surface area (Å²) in [5.74, 6) is -0.363. The maximum absolute atomic E-state index is 14.3. The fourth-order valence-electron chi connectivity index (χ4n) is 3.42. The molecule has 2 heterocycles.